The fourth-order valence-corrected chi connectivity index (χ4v) is 3.03. The Morgan fingerprint density at radius 2 is 2.04 bits per heavy atom. The SMILES string of the molecule is CS(=O)(=O)c1cccc(OCc2cn3ccccc3c2C#N)c1. The van der Waals surface area contributed by atoms with Gasteiger partial charge in [0.05, 0.1) is 16.0 Å². The molecule has 0 aliphatic heterocycles. The van der Waals surface area contributed by atoms with Crippen molar-refractivity contribution in [3.63, 3.8) is 0 Å². The van der Waals surface area contributed by atoms with E-state index in [4.69, 9.17) is 4.74 Å². The first-order chi connectivity index (χ1) is 11.0. The molecular weight excluding hydrogens is 312 g/mol. The number of pyridine rings is 1. The van der Waals surface area contributed by atoms with Gasteiger partial charge >= 0.3 is 0 Å². The summed E-state index contributed by atoms with van der Waals surface area (Å²) in [7, 11) is -3.28. The zero-order valence-electron chi connectivity index (χ0n) is 12.4. The average Bonchev–Trinajstić information content (AvgIpc) is 2.90. The summed E-state index contributed by atoms with van der Waals surface area (Å²) in [4.78, 5) is 0.206. The van der Waals surface area contributed by atoms with E-state index in [1.165, 1.54) is 12.1 Å². The average molecular weight is 326 g/mol. The van der Waals surface area contributed by atoms with Gasteiger partial charge in [0.15, 0.2) is 9.84 Å². The molecule has 6 heteroatoms. The molecule has 0 atom stereocenters. The maximum Gasteiger partial charge on any atom is 0.175 e. The van der Waals surface area contributed by atoms with Crippen LogP contribution in [-0.2, 0) is 16.4 Å². The van der Waals surface area contributed by atoms with Gasteiger partial charge in [0.2, 0.25) is 0 Å². The molecule has 116 valence electrons. The predicted octanol–water partition coefficient (Wildman–Crippen LogP) is 2.79. The summed E-state index contributed by atoms with van der Waals surface area (Å²) >= 11 is 0. The normalized spacial score (nSPS) is 11.3. The Labute approximate surface area is 134 Å². The minimum absolute atomic E-state index is 0.192. The van der Waals surface area contributed by atoms with Crippen LogP contribution in [0.2, 0.25) is 0 Å². The van der Waals surface area contributed by atoms with Crippen LogP contribution in [0.1, 0.15) is 11.1 Å². The monoisotopic (exact) mass is 326 g/mol. The molecule has 0 radical (unpaired) electrons. The van der Waals surface area contributed by atoms with Gasteiger partial charge in [-0.15, -0.1) is 0 Å². The number of nitrogens with zero attached hydrogens (tertiary/aromatic N) is 2. The van der Waals surface area contributed by atoms with Crippen LogP contribution in [0.15, 0.2) is 59.8 Å². The maximum atomic E-state index is 11.6. The molecule has 2 heterocycles. The maximum absolute atomic E-state index is 11.6. The molecule has 0 spiro atoms. The van der Waals surface area contributed by atoms with Gasteiger partial charge in [-0.3, -0.25) is 0 Å². The third kappa shape index (κ3) is 3.05. The Balaban J connectivity index is 1.88. The third-order valence-corrected chi connectivity index (χ3v) is 4.61. The lowest BCUT2D eigenvalue weighted by Gasteiger charge is -2.06. The van der Waals surface area contributed by atoms with E-state index < -0.39 is 9.84 Å². The Kier molecular flexibility index (Phi) is 3.80. The van der Waals surface area contributed by atoms with E-state index in [-0.39, 0.29) is 11.5 Å². The second-order valence-electron chi connectivity index (χ2n) is 5.17. The molecule has 1 aromatic carbocycles. The molecule has 5 nitrogen and oxygen atoms in total. The third-order valence-electron chi connectivity index (χ3n) is 3.50. The standard InChI is InChI=1S/C17H14N2O3S/c1-23(20,21)15-6-4-5-14(9-15)22-12-13-11-19-8-3-2-7-17(19)16(13)10-18/h2-9,11H,12H2,1H3. The summed E-state index contributed by atoms with van der Waals surface area (Å²) in [6.45, 7) is 0.192. The van der Waals surface area contributed by atoms with E-state index in [9.17, 15) is 13.7 Å². The first-order valence-electron chi connectivity index (χ1n) is 6.90. The van der Waals surface area contributed by atoms with Crippen LogP contribution in [0.25, 0.3) is 5.52 Å². The molecule has 0 bridgehead atoms. The molecule has 0 aliphatic rings. The van der Waals surface area contributed by atoms with E-state index in [0.29, 0.717) is 11.3 Å². The summed E-state index contributed by atoms with van der Waals surface area (Å²) < 4.78 is 30.7. The second kappa shape index (κ2) is 5.78. The van der Waals surface area contributed by atoms with Crippen LogP contribution < -0.4 is 4.74 Å². The van der Waals surface area contributed by atoms with Gasteiger partial charge in [-0.05, 0) is 30.3 Å². The molecule has 2 aromatic heterocycles. The summed E-state index contributed by atoms with van der Waals surface area (Å²) in [6, 6.07) is 14.1. The predicted molar refractivity (Wildman–Crippen MR) is 86.0 cm³/mol. The Hall–Kier alpha value is -2.78. The number of rotatable bonds is 4. The Morgan fingerprint density at radius 1 is 1.22 bits per heavy atom. The number of benzene rings is 1. The van der Waals surface area contributed by atoms with Crippen molar-refractivity contribution in [1.82, 2.24) is 4.40 Å². The van der Waals surface area contributed by atoms with Crippen LogP contribution in [-0.4, -0.2) is 19.1 Å². The fourth-order valence-electron chi connectivity index (χ4n) is 2.37. The topological polar surface area (TPSA) is 71.6 Å². The highest BCUT2D eigenvalue weighted by Gasteiger charge is 2.12. The van der Waals surface area contributed by atoms with Crippen molar-refractivity contribution in [3.05, 3.63) is 66.0 Å². The van der Waals surface area contributed by atoms with Gasteiger partial charge in [0.25, 0.3) is 0 Å². The minimum Gasteiger partial charge on any atom is -0.489 e. The van der Waals surface area contributed by atoms with Gasteiger partial charge in [0.1, 0.15) is 18.4 Å². The molecule has 0 saturated carbocycles. The van der Waals surface area contributed by atoms with Gasteiger partial charge < -0.3 is 9.14 Å². The van der Waals surface area contributed by atoms with Crippen LogP contribution in [0.3, 0.4) is 0 Å². The molecule has 23 heavy (non-hydrogen) atoms. The highest BCUT2D eigenvalue weighted by molar-refractivity contribution is 7.90. The highest BCUT2D eigenvalue weighted by Crippen LogP contribution is 2.22. The lowest BCUT2D eigenvalue weighted by Crippen LogP contribution is -1.99. The largest absolute Gasteiger partial charge is 0.489 e. The molecule has 0 aliphatic carbocycles. The summed E-state index contributed by atoms with van der Waals surface area (Å²) in [5.41, 5.74) is 2.13. The van der Waals surface area contributed by atoms with Crippen molar-refractivity contribution in [1.29, 1.82) is 5.26 Å². The molecule has 3 rings (SSSR count). The number of hydrogen-bond donors (Lipinski definition) is 0. The van der Waals surface area contributed by atoms with Crippen molar-refractivity contribution >= 4 is 15.4 Å². The molecule has 0 N–H and O–H groups in total. The van der Waals surface area contributed by atoms with Gasteiger partial charge in [0, 0.05) is 24.2 Å². The van der Waals surface area contributed by atoms with Crippen molar-refractivity contribution in [2.24, 2.45) is 0 Å². The number of fused-ring (bicyclic) bond motifs is 1. The Bertz CT molecular complexity index is 1010. The number of nitriles is 1. The van der Waals surface area contributed by atoms with E-state index in [2.05, 4.69) is 6.07 Å². The molecule has 0 fully saturated rings. The van der Waals surface area contributed by atoms with Crippen LogP contribution >= 0.6 is 0 Å². The zero-order chi connectivity index (χ0) is 16.4. The lowest BCUT2D eigenvalue weighted by atomic mass is 10.2. The zero-order valence-corrected chi connectivity index (χ0v) is 13.2. The van der Waals surface area contributed by atoms with Gasteiger partial charge in [-0.2, -0.15) is 5.26 Å². The van der Waals surface area contributed by atoms with E-state index in [1.54, 1.807) is 12.1 Å². The van der Waals surface area contributed by atoms with E-state index in [0.717, 1.165) is 17.3 Å². The number of sulfone groups is 1. The first-order valence-corrected chi connectivity index (χ1v) is 8.80. The molecule has 3 aromatic rings. The molecule has 0 amide bonds. The molecular formula is C17H14N2O3S. The summed E-state index contributed by atoms with van der Waals surface area (Å²) in [6.07, 6.45) is 4.86. The number of hydrogen-bond acceptors (Lipinski definition) is 4. The minimum atomic E-state index is -3.28. The second-order valence-corrected chi connectivity index (χ2v) is 7.19. The fraction of sp³-hybridized carbons (Fsp3) is 0.118. The van der Waals surface area contributed by atoms with Gasteiger partial charge in [-0.1, -0.05) is 12.1 Å². The van der Waals surface area contributed by atoms with Crippen LogP contribution in [0, 0.1) is 11.3 Å². The molecule has 0 unspecified atom stereocenters. The van der Waals surface area contributed by atoms with E-state index >= 15 is 0 Å². The van der Waals surface area contributed by atoms with E-state index in [1.807, 2.05) is 35.0 Å². The van der Waals surface area contributed by atoms with Crippen LogP contribution in [0.5, 0.6) is 5.75 Å². The lowest BCUT2D eigenvalue weighted by molar-refractivity contribution is 0.305. The Morgan fingerprint density at radius 3 is 2.78 bits per heavy atom. The quantitative estimate of drug-likeness (QED) is 0.739. The van der Waals surface area contributed by atoms with Gasteiger partial charge in [-0.25, -0.2) is 8.42 Å². The van der Waals surface area contributed by atoms with Crippen LogP contribution in [0.4, 0.5) is 0 Å². The summed E-state index contributed by atoms with van der Waals surface area (Å²) in [5, 5.41) is 9.36. The number of ether oxygens (including phenoxy) is 1. The molecule has 0 saturated heterocycles. The highest BCUT2D eigenvalue weighted by atomic mass is 32.2. The van der Waals surface area contributed by atoms with Crippen molar-refractivity contribution in [3.8, 4) is 11.8 Å². The summed E-state index contributed by atoms with van der Waals surface area (Å²) in [5.74, 6) is 0.451. The number of aromatic nitrogens is 1. The van der Waals surface area contributed by atoms with Crippen molar-refractivity contribution in [2.75, 3.05) is 6.26 Å². The first kappa shape index (κ1) is 15.1. The smallest absolute Gasteiger partial charge is 0.175 e. The van der Waals surface area contributed by atoms with Crippen molar-refractivity contribution < 1.29 is 13.2 Å². The van der Waals surface area contributed by atoms with Crippen molar-refractivity contribution in [2.45, 2.75) is 11.5 Å².